The van der Waals surface area contributed by atoms with Crippen molar-refractivity contribution in [2.24, 2.45) is 5.92 Å². The van der Waals surface area contributed by atoms with E-state index >= 15 is 0 Å². The largest absolute Gasteiger partial charge is 0.490 e. The average Bonchev–Trinajstić information content (AvgIpc) is 2.34. The van der Waals surface area contributed by atoms with Gasteiger partial charge in [-0.1, -0.05) is 22.9 Å². The van der Waals surface area contributed by atoms with Gasteiger partial charge in [-0.15, -0.1) is 0 Å². The highest BCUT2D eigenvalue weighted by Gasteiger charge is 2.19. The molecule has 0 saturated heterocycles. The van der Waals surface area contributed by atoms with E-state index in [0.717, 1.165) is 34.5 Å². The Morgan fingerprint density at radius 3 is 2.65 bits per heavy atom. The molecule has 2 nitrogen and oxygen atoms in total. The molecule has 0 heterocycles. The Morgan fingerprint density at radius 1 is 1.29 bits per heavy atom. The summed E-state index contributed by atoms with van der Waals surface area (Å²) in [5, 5.41) is 9.20. The van der Waals surface area contributed by atoms with Crippen molar-refractivity contribution in [2.45, 2.75) is 45.3 Å². The number of halogens is 1. The predicted molar refractivity (Wildman–Crippen MR) is 72.1 cm³/mol. The molecular weight excluding hydrogens is 280 g/mol. The molecule has 3 heteroatoms. The van der Waals surface area contributed by atoms with Gasteiger partial charge in [-0.3, -0.25) is 0 Å². The average molecular weight is 299 g/mol. The van der Waals surface area contributed by atoms with Gasteiger partial charge < -0.3 is 9.84 Å². The molecule has 1 saturated carbocycles. The molecule has 1 aliphatic rings. The number of hydrogen-bond acceptors (Lipinski definition) is 2. The van der Waals surface area contributed by atoms with Crippen molar-refractivity contribution in [3.05, 3.63) is 28.2 Å². The smallest absolute Gasteiger partial charge is 0.120 e. The molecule has 17 heavy (non-hydrogen) atoms. The summed E-state index contributed by atoms with van der Waals surface area (Å²) < 4.78 is 6.90. The molecule has 1 aliphatic carbocycles. The van der Waals surface area contributed by atoms with Crippen molar-refractivity contribution in [3.63, 3.8) is 0 Å². The molecule has 0 atom stereocenters. The maximum absolute atomic E-state index is 9.20. The van der Waals surface area contributed by atoms with E-state index in [1.165, 1.54) is 12.8 Å². The molecule has 0 radical (unpaired) electrons. The number of rotatable bonds is 3. The lowest BCUT2D eigenvalue weighted by atomic mass is 9.89. The summed E-state index contributed by atoms with van der Waals surface area (Å²) in [7, 11) is 0. The zero-order valence-corrected chi connectivity index (χ0v) is 11.7. The van der Waals surface area contributed by atoms with Gasteiger partial charge in [0.05, 0.1) is 12.7 Å². The fraction of sp³-hybridized carbons (Fsp3) is 0.571. The van der Waals surface area contributed by atoms with Crippen molar-refractivity contribution in [1.82, 2.24) is 0 Å². The first-order valence-corrected chi connectivity index (χ1v) is 7.04. The van der Waals surface area contributed by atoms with E-state index in [1.807, 2.05) is 18.2 Å². The van der Waals surface area contributed by atoms with Crippen LogP contribution in [0.5, 0.6) is 5.75 Å². The molecule has 0 aliphatic heterocycles. The lowest BCUT2D eigenvalue weighted by Crippen LogP contribution is -2.23. The van der Waals surface area contributed by atoms with Crippen LogP contribution in [0.1, 0.15) is 38.2 Å². The van der Waals surface area contributed by atoms with Crippen LogP contribution in [0.2, 0.25) is 0 Å². The van der Waals surface area contributed by atoms with Gasteiger partial charge in [0.25, 0.3) is 0 Å². The van der Waals surface area contributed by atoms with E-state index in [9.17, 15) is 5.11 Å². The Labute approximate surface area is 111 Å². The SMILES string of the molecule is CC1CCC(Oc2ccc(Br)c(CO)c2)CC1. The fourth-order valence-corrected chi connectivity index (χ4v) is 2.66. The van der Waals surface area contributed by atoms with Gasteiger partial charge in [-0.05, 0) is 55.4 Å². The minimum Gasteiger partial charge on any atom is -0.490 e. The van der Waals surface area contributed by atoms with Gasteiger partial charge in [0, 0.05) is 4.47 Å². The molecule has 0 aromatic heterocycles. The van der Waals surface area contributed by atoms with Crippen LogP contribution in [0.15, 0.2) is 22.7 Å². The normalized spacial score (nSPS) is 24.6. The zero-order chi connectivity index (χ0) is 12.3. The molecule has 1 aromatic rings. The molecule has 0 amide bonds. The van der Waals surface area contributed by atoms with Crippen LogP contribution in [0.25, 0.3) is 0 Å². The Hall–Kier alpha value is -0.540. The van der Waals surface area contributed by atoms with Crippen molar-refractivity contribution in [3.8, 4) is 5.75 Å². The zero-order valence-electron chi connectivity index (χ0n) is 10.2. The molecule has 0 bridgehead atoms. The standard InChI is InChI=1S/C14H19BrO2/c1-10-2-4-12(5-3-10)17-13-6-7-14(15)11(8-13)9-16/h6-8,10,12,16H,2-5,9H2,1H3. The highest BCUT2D eigenvalue weighted by molar-refractivity contribution is 9.10. The molecule has 0 spiro atoms. The Balaban J connectivity index is 1.99. The number of aliphatic hydroxyl groups excluding tert-OH is 1. The number of aliphatic hydroxyl groups is 1. The lowest BCUT2D eigenvalue weighted by molar-refractivity contribution is 0.135. The van der Waals surface area contributed by atoms with Crippen molar-refractivity contribution in [2.75, 3.05) is 0 Å². The number of ether oxygens (including phenoxy) is 1. The van der Waals surface area contributed by atoms with Gasteiger partial charge in [0.2, 0.25) is 0 Å². The Kier molecular flexibility index (Phi) is 4.46. The summed E-state index contributed by atoms with van der Waals surface area (Å²) in [4.78, 5) is 0. The summed E-state index contributed by atoms with van der Waals surface area (Å²) >= 11 is 3.41. The third kappa shape index (κ3) is 3.46. The molecule has 0 unspecified atom stereocenters. The van der Waals surface area contributed by atoms with Crippen LogP contribution in [0.3, 0.4) is 0 Å². The van der Waals surface area contributed by atoms with E-state index in [2.05, 4.69) is 22.9 Å². The van der Waals surface area contributed by atoms with Gasteiger partial charge >= 0.3 is 0 Å². The minimum atomic E-state index is 0.0412. The first-order chi connectivity index (χ1) is 8.19. The van der Waals surface area contributed by atoms with E-state index in [1.54, 1.807) is 0 Å². The van der Waals surface area contributed by atoms with Crippen LogP contribution in [-0.2, 0) is 6.61 Å². The van der Waals surface area contributed by atoms with E-state index in [-0.39, 0.29) is 6.61 Å². The highest BCUT2D eigenvalue weighted by atomic mass is 79.9. The lowest BCUT2D eigenvalue weighted by Gasteiger charge is -2.27. The number of hydrogen-bond donors (Lipinski definition) is 1. The van der Waals surface area contributed by atoms with E-state index < -0.39 is 0 Å². The van der Waals surface area contributed by atoms with Crippen molar-refractivity contribution < 1.29 is 9.84 Å². The van der Waals surface area contributed by atoms with E-state index in [0.29, 0.717) is 6.10 Å². The van der Waals surface area contributed by atoms with Crippen molar-refractivity contribution in [1.29, 1.82) is 0 Å². The number of benzene rings is 1. The molecular formula is C14H19BrO2. The second kappa shape index (κ2) is 5.87. The topological polar surface area (TPSA) is 29.5 Å². The third-order valence-electron chi connectivity index (χ3n) is 3.45. The molecule has 94 valence electrons. The third-order valence-corrected chi connectivity index (χ3v) is 4.23. The molecule has 1 aromatic carbocycles. The van der Waals surface area contributed by atoms with Gasteiger partial charge in [-0.25, -0.2) is 0 Å². The quantitative estimate of drug-likeness (QED) is 0.917. The van der Waals surface area contributed by atoms with E-state index in [4.69, 9.17) is 4.74 Å². The van der Waals surface area contributed by atoms with Crippen molar-refractivity contribution >= 4 is 15.9 Å². The first-order valence-electron chi connectivity index (χ1n) is 6.25. The molecule has 1 fully saturated rings. The summed E-state index contributed by atoms with van der Waals surface area (Å²) in [5.74, 6) is 1.71. The van der Waals surface area contributed by atoms with Crippen LogP contribution < -0.4 is 4.74 Å². The summed E-state index contributed by atoms with van der Waals surface area (Å²) in [6, 6.07) is 5.82. The maximum Gasteiger partial charge on any atom is 0.120 e. The second-order valence-electron chi connectivity index (χ2n) is 4.91. The summed E-state index contributed by atoms with van der Waals surface area (Å²) in [6.07, 6.45) is 5.15. The fourth-order valence-electron chi connectivity index (χ4n) is 2.29. The Bertz CT molecular complexity index is 370. The van der Waals surface area contributed by atoms with Gasteiger partial charge in [-0.2, -0.15) is 0 Å². The monoisotopic (exact) mass is 298 g/mol. The second-order valence-corrected chi connectivity index (χ2v) is 5.77. The first kappa shape index (κ1) is 12.9. The summed E-state index contributed by atoms with van der Waals surface area (Å²) in [6.45, 7) is 2.35. The van der Waals surface area contributed by atoms with Crippen LogP contribution >= 0.6 is 15.9 Å². The highest BCUT2D eigenvalue weighted by Crippen LogP contribution is 2.29. The maximum atomic E-state index is 9.20. The van der Waals surface area contributed by atoms with Crippen LogP contribution in [0.4, 0.5) is 0 Å². The summed E-state index contributed by atoms with van der Waals surface area (Å²) in [5.41, 5.74) is 0.881. The van der Waals surface area contributed by atoms with Crippen LogP contribution in [0, 0.1) is 5.92 Å². The van der Waals surface area contributed by atoms with Gasteiger partial charge in [0.1, 0.15) is 5.75 Å². The van der Waals surface area contributed by atoms with Gasteiger partial charge in [0.15, 0.2) is 0 Å². The van der Waals surface area contributed by atoms with Crippen LogP contribution in [-0.4, -0.2) is 11.2 Å². The minimum absolute atomic E-state index is 0.0412. The Morgan fingerprint density at radius 2 is 2.00 bits per heavy atom. The molecule has 2 rings (SSSR count). The predicted octanol–water partition coefficient (Wildman–Crippen LogP) is 3.90. The molecule has 1 N–H and O–H groups in total.